The number of nitrogens with zero attached hydrogens (tertiary/aromatic N) is 3. The number of aryl methyl sites for hydroxylation is 1. The first-order valence-electron chi connectivity index (χ1n) is 10.4. The topological polar surface area (TPSA) is 79.1 Å². The van der Waals surface area contributed by atoms with Crippen LogP contribution in [-0.4, -0.2) is 36.4 Å². The van der Waals surface area contributed by atoms with Crippen LogP contribution in [0.5, 0.6) is 0 Å². The first-order valence-corrected chi connectivity index (χ1v) is 10.4. The van der Waals surface area contributed by atoms with Crippen LogP contribution >= 0.6 is 0 Å². The molecular formula is C24H26N6. The molecule has 0 saturated carbocycles. The van der Waals surface area contributed by atoms with Gasteiger partial charge in [-0.25, -0.2) is 0 Å². The maximum Gasteiger partial charge on any atom is 0.158 e. The van der Waals surface area contributed by atoms with Gasteiger partial charge in [0, 0.05) is 42.6 Å². The fourth-order valence-electron chi connectivity index (χ4n) is 4.25. The number of nitrogens with one attached hydrogen (secondary N) is 2. The van der Waals surface area contributed by atoms with Crippen molar-refractivity contribution in [1.29, 1.82) is 0 Å². The Balaban J connectivity index is 1.53. The zero-order chi connectivity index (χ0) is 20.5. The molecule has 1 aliphatic heterocycles. The predicted molar refractivity (Wildman–Crippen MR) is 124 cm³/mol. The number of piperazine rings is 1. The molecule has 1 saturated heterocycles. The summed E-state index contributed by atoms with van der Waals surface area (Å²) in [7, 11) is 0. The van der Waals surface area contributed by atoms with Gasteiger partial charge in [0.1, 0.15) is 6.17 Å². The van der Waals surface area contributed by atoms with Crippen molar-refractivity contribution in [3.63, 3.8) is 0 Å². The molecule has 0 amide bonds. The number of hydrogen-bond acceptors (Lipinski definition) is 6. The summed E-state index contributed by atoms with van der Waals surface area (Å²) in [5.74, 6) is 0.716. The molecule has 152 valence electrons. The van der Waals surface area contributed by atoms with Crippen molar-refractivity contribution in [3.8, 4) is 0 Å². The van der Waals surface area contributed by atoms with Crippen molar-refractivity contribution in [2.75, 3.05) is 36.4 Å². The van der Waals surface area contributed by atoms with Gasteiger partial charge < -0.3 is 21.3 Å². The average molecular weight is 399 g/mol. The number of fused-ring (bicyclic) bond motifs is 2. The lowest BCUT2D eigenvalue weighted by molar-refractivity contribution is 0.589. The van der Waals surface area contributed by atoms with Gasteiger partial charge in [0.2, 0.25) is 0 Å². The van der Waals surface area contributed by atoms with E-state index in [-0.39, 0.29) is 6.17 Å². The molecule has 0 radical (unpaired) electrons. The molecule has 1 atom stereocenters. The van der Waals surface area contributed by atoms with Gasteiger partial charge in [-0.1, -0.05) is 48.5 Å². The van der Waals surface area contributed by atoms with Crippen LogP contribution in [-0.2, 0) is 0 Å². The highest BCUT2D eigenvalue weighted by Gasteiger charge is 2.16. The highest BCUT2D eigenvalue weighted by molar-refractivity contribution is 5.95. The monoisotopic (exact) mass is 398 g/mol. The number of rotatable bonds is 4. The van der Waals surface area contributed by atoms with Gasteiger partial charge in [0.15, 0.2) is 5.82 Å². The minimum Gasteiger partial charge on any atom is -0.369 e. The molecule has 1 fully saturated rings. The largest absolute Gasteiger partial charge is 0.369 e. The number of anilines is 2. The predicted octanol–water partition coefficient (Wildman–Crippen LogP) is 3.57. The fourth-order valence-corrected chi connectivity index (χ4v) is 4.25. The Labute approximate surface area is 176 Å². The van der Waals surface area contributed by atoms with Crippen molar-refractivity contribution < 1.29 is 0 Å². The zero-order valence-corrected chi connectivity index (χ0v) is 17.1. The van der Waals surface area contributed by atoms with Gasteiger partial charge in [0.25, 0.3) is 0 Å². The molecule has 30 heavy (non-hydrogen) atoms. The summed E-state index contributed by atoms with van der Waals surface area (Å²) < 4.78 is 0. The maximum absolute atomic E-state index is 6.61. The summed E-state index contributed by atoms with van der Waals surface area (Å²) >= 11 is 0. The first-order chi connectivity index (χ1) is 14.7. The second-order valence-corrected chi connectivity index (χ2v) is 7.79. The van der Waals surface area contributed by atoms with Crippen LogP contribution in [0.1, 0.15) is 17.4 Å². The van der Waals surface area contributed by atoms with Crippen LogP contribution in [0, 0.1) is 6.92 Å². The molecule has 0 aliphatic carbocycles. The van der Waals surface area contributed by atoms with Crippen molar-refractivity contribution in [2.45, 2.75) is 13.1 Å². The number of nitrogens with two attached hydrogens (primary N) is 1. The molecule has 0 bridgehead atoms. The molecule has 6 heteroatoms. The average Bonchev–Trinajstić information content (AvgIpc) is 2.81. The Morgan fingerprint density at radius 2 is 1.73 bits per heavy atom. The summed E-state index contributed by atoms with van der Waals surface area (Å²) in [5, 5.41) is 20.1. The van der Waals surface area contributed by atoms with E-state index in [1.807, 2.05) is 25.1 Å². The van der Waals surface area contributed by atoms with Crippen molar-refractivity contribution >= 4 is 33.1 Å². The number of hydrogen-bond donors (Lipinski definition) is 3. The third-order valence-electron chi connectivity index (χ3n) is 5.88. The van der Waals surface area contributed by atoms with Gasteiger partial charge in [0.05, 0.1) is 5.69 Å². The standard InChI is InChI=1S/C24H26N6/c1-16-19-10-9-18(30-13-11-26-12-14-30)15-22(19)24(29-28-16)27-23(25)21-8-4-6-17-5-2-3-7-20(17)21/h2-10,15,23,26H,11-14,25H2,1H3,(H,27,29)/t23-/m0/s1. The van der Waals surface area contributed by atoms with E-state index >= 15 is 0 Å². The summed E-state index contributed by atoms with van der Waals surface area (Å²) in [5.41, 5.74) is 9.77. The lowest BCUT2D eigenvalue weighted by Gasteiger charge is -2.29. The lowest BCUT2D eigenvalue weighted by atomic mass is 10.0. The van der Waals surface area contributed by atoms with Gasteiger partial charge in [-0.3, -0.25) is 0 Å². The van der Waals surface area contributed by atoms with Crippen molar-refractivity contribution in [3.05, 3.63) is 71.9 Å². The van der Waals surface area contributed by atoms with E-state index in [0.29, 0.717) is 5.82 Å². The Morgan fingerprint density at radius 3 is 2.60 bits per heavy atom. The van der Waals surface area contributed by atoms with Crippen LogP contribution in [0.4, 0.5) is 11.5 Å². The van der Waals surface area contributed by atoms with Gasteiger partial charge in [-0.2, -0.15) is 5.10 Å². The second kappa shape index (κ2) is 7.89. The summed E-state index contributed by atoms with van der Waals surface area (Å²) in [4.78, 5) is 2.40. The van der Waals surface area contributed by atoms with Crippen molar-refractivity contribution in [1.82, 2.24) is 15.5 Å². The molecular weight excluding hydrogens is 372 g/mol. The minimum absolute atomic E-state index is 0.390. The quantitative estimate of drug-likeness (QED) is 0.456. The molecule has 1 aliphatic rings. The molecule has 6 nitrogen and oxygen atoms in total. The third kappa shape index (κ3) is 3.44. The molecule has 2 heterocycles. The Hall–Kier alpha value is -3.22. The van der Waals surface area contributed by atoms with Crippen LogP contribution in [0.15, 0.2) is 60.7 Å². The molecule has 0 spiro atoms. The smallest absolute Gasteiger partial charge is 0.158 e. The van der Waals surface area contributed by atoms with Crippen LogP contribution in [0.2, 0.25) is 0 Å². The fraction of sp³-hybridized carbons (Fsp3) is 0.250. The number of aromatic nitrogens is 2. The van der Waals surface area contributed by atoms with E-state index in [1.165, 1.54) is 11.1 Å². The molecule has 3 aromatic carbocycles. The van der Waals surface area contributed by atoms with E-state index in [9.17, 15) is 0 Å². The van der Waals surface area contributed by atoms with Crippen LogP contribution < -0.4 is 21.3 Å². The first kappa shape index (κ1) is 18.8. The second-order valence-electron chi connectivity index (χ2n) is 7.79. The van der Waals surface area contributed by atoms with Gasteiger partial charge in [-0.05, 0) is 35.4 Å². The summed E-state index contributed by atoms with van der Waals surface area (Å²) in [6.45, 7) is 6.00. The van der Waals surface area contributed by atoms with Gasteiger partial charge in [-0.15, -0.1) is 5.10 Å². The van der Waals surface area contributed by atoms with E-state index in [0.717, 1.165) is 53.6 Å². The molecule has 4 aromatic rings. The molecule has 0 unspecified atom stereocenters. The van der Waals surface area contributed by atoms with E-state index in [1.54, 1.807) is 0 Å². The normalized spacial score (nSPS) is 15.5. The molecule has 1 aromatic heterocycles. The van der Waals surface area contributed by atoms with Crippen molar-refractivity contribution in [2.24, 2.45) is 5.73 Å². The minimum atomic E-state index is -0.390. The Bertz CT molecular complexity index is 1190. The number of benzene rings is 3. The third-order valence-corrected chi connectivity index (χ3v) is 5.88. The van der Waals surface area contributed by atoms with E-state index in [4.69, 9.17) is 5.73 Å². The highest BCUT2D eigenvalue weighted by atomic mass is 15.2. The Kier molecular flexibility index (Phi) is 4.94. The van der Waals surface area contributed by atoms with E-state index < -0.39 is 0 Å². The SMILES string of the molecule is Cc1nnc(N[C@H](N)c2cccc3ccccc23)c2cc(N3CCNCC3)ccc12. The summed E-state index contributed by atoms with van der Waals surface area (Å²) in [6, 6.07) is 21.0. The Morgan fingerprint density at radius 1 is 0.933 bits per heavy atom. The van der Waals surface area contributed by atoms with Crippen LogP contribution in [0.25, 0.3) is 21.5 Å². The zero-order valence-electron chi connectivity index (χ0n) is 17.1. The van der Waals surface area contributed by atoms with E-state index in [2.05, 4.69) is 68.2 Å². The maximum atomic E-state index is 6.61. The molecule has 4 N–H and O–H groups in total. The highest BCUT2D eigenvalue weighted by Crippen LogP contribution is 2.30. The van der Waals surface area contributed by atoms with Crippen LogP contribution in [0.3, 0.4) is 0 Å². The molecule has 5 rings (SSSR count). The van der Waals surface area contributed by atoms with Gasteiger partial charge >= 0.3 is 0 Å². The summed E-state index contributed by atoms with van der Waals surface area (Å²) in [6.07, 6.45) is -0.390. The lowest BCUT2D eigenvalue weighted by Crippen LogP contribution is -2.43.